The number of benzene rings is 2. The minimum Gasteiger partial charge on any atom is -0.494 e. The molecule has 2 rings (SSSR count). The Morgan fingerprint density at radius 3 is 2.31 bits per heavy atom. The van der Waals surface area contributed by atoms with Gasteiger partial charge in [-0.15, -0.1) is 0 Å². The number of nitrogens with zero attached hydrogens (tertiary/aromatic N) is 1. The van der Waals surface area contributed by atoms with Gasteiger partial charge >= 0.3 is 0 Å². The summed E-state index contributed by atoms with van der Waals surface area (Å²) in [6, 6.07) is 15.3. The minimum absolute atomic E-state index is 0.191. The lowest BCUT2D eigenvalue weighted by atomic mass is 10.2. The lowest BCUT2D eigenvalue weighted by molar-refractivity contribution is 0.194. The third-order valence-electron chi connectivity index (χ3n) is 4.13. The number of aliphatic hydroxyl groups is 1. The van der Waals surface area contributed by atoms with Crippen molar-refractivity contribution in [1.82, 2.24) is 4.31 Å². The molecule has 0 bridgehead atoms. The van der Waals surface area contributed by atoms with Crippen molar-refractivity contribution >= 4 is 10.0 Å². The van der Waals surface area contributed by atoms with Gasteiger partial charge in [-0.3, -0.25) is 0 Å². The first-order valence-electron chi connectivity index (χ1n) is 8.88. The average Bonchev–Trinajstić information content (AvgIpc) is 2.67. The number of rotatable bonds is 10. The van der Waals surface area contributed by atoms with E-state index in [1.165, 1.54) is 4.31 Å². The summed E-state index contributed by atoms with van der Waals surface area (Å²) in [5, 5.41) is 9.53. The molecular formula is C20H27NO4S. The van der Waals surface area contributed by atoms with Crippen LogP contribution in [0.3, 0.4) is 0 Å². The largest absolute Gasteiger partial charge is 0.494 e. The van der Waals surface area contributed by atoms with Gasteiger partial charge in [0.2, 0.25) is 10.0 Å². The maximum absolute atomic E-state index is 13.1. The molecule has 0 heterocycles. The molecule has 1 atom stereocenters. The first kappa shape index (κ1) is 20.4. The fraction of sp³-hybridized carbons (Fsp3) is 0.400. The molecule has 0 spiro atoms. The van der Waals surface area contributed by atoms with Crippen molar-refractivity contribution in [2.75, 3.05) is 13.2 Å². The van der Waals surface area contributed by atoms with Crippen LogP contribution in [0.5, 0.6) is 5.75 Å². The Morgan fingerprint density at radius 1 is 1.08 bits per heavy atom. The second-order valence-corrected chi connectivity index (χ2v) is 8.13. The molecule has 6 heteroatoms. The van der Waals surface area contributed by atoms with Crippen LogP contribution in [-0.2, 0) is 16.6 Å². The van der Waals surface area contributed by atoms with Crippen molar-refractivity contribution in [3.8, 4) is 5.75 Å². The maximum Gasteiger partial charge on any atom is 0.243 e. The van der Waals surface area contributed by atoms with E-state index < -0.39 is 16.1 Å². The van der Waals surface area contributed by atoms with Crippen LogP contribution in [0.25, 0.3) is 0 Å². The van der Waals surface area contributed by atoms with Crippen LogP contribution in [0.15, 0.2) is 59.5 Å². The standard InChI is InChI=1S/C20H27NO4S/c1-3-4-14-25-19-10-12-20(13-11-19)26(23,24)21(17(2)16-22)15-18-8-6-5-7-9-18/h5-13,17,22H,3-4,14-16H2,1-2H3/t17-/m1/s1. The Hall–Kier alpha value is -1.89. The second kappa shape index (κ2) is 9.71. The second-order valence-electron chi connectivity index (χ2n) is 6.24. The zero-order chi connectivity index (χ0) is 19.0. The van der Waals surface area contributed by atoms with Crippen LogP contribution < -0.4 is 4.74 Å². The van der Waals surface area contributed by atoms with Gasteiger partial charge in [0.15, 0.2) is 0 Å². The fourth-order valence-corrected chi connectivity index (χ4v) is 4.12. The van der Waals surface area contributed by atoms with E-state index in [1.807, 2.05) is 30.3 Å². The molecule has 0 aliphatic carbocycles. The molecule has 0 aromatic heterocycles. The van der Waals surface area contributed by atoms with Crippen LogP contribution in [0, 0.1) is 0 Å². The lowest BCUT2D eigenvalue weighted by Gasteiger charge is -2.27. The highest BCUT2D eigenvalue weighted by Gasteiger charge is 2.29. The molecule has 0 saturated carbocycles. The summed E-state index contributed by atoms with van der Waals surface area (Å²) in [6.07, 6.45) is 2.00. The van der Waals surface area contributed by atoms with Gasteiger partial charge < -0.3 is 9.84 Å². The SMILES string of the molecule is CCCCOc1ccc(S(=O)(=O)N(Cc2ccccc2)[C@H](C)CO)cc1. The van der Waals surface area contributed by atoms with Crippen LogP contribution in [0.4, 0.5) is 0 Å². The Balaban J connectivity index is 2.22. The molecule has 5 nitrogen and oxygen atoms in total. The number of ether oxygens (including phenoxy) is 1. The van der Waals surface area contributed by atoms with Crippen LogP contribution in [-0.4, -0.2) is 37.1 Å². The van der Waals surface area contributed by atoms with Crippen LogP contribution >= 0.6 is 0 Å². The Bertz CT molecular complexity index is 760. The molecule has 1 N–H and O–H groups in total. The third kappa shape index (κ3) is 5.30. The van der Waals surface area contributed by atoms with E-state index in [4.69, 9.17) is 4.74 Å². The predicted molar refractivity (Wildman–Crippen MR) is 103 cm³/mol. The molecule has 0 aliphatic heterocycles. The maximum atomic E-state index is 13.1. The summed E-state index contributed by atoms with van der Waals surface area (Å²) in [5.74, 6) is 0.655. The fourth-order valence-electron chi connectivity index (χ4n) is 2.51. The van der Waals surface area contributed by atoms with Gasteiger partial charge in [-0.2, -0.15) is 4.31 Å². The molecule has 26 heavy (non-hydrogen) atoms. The molecular weight excluding hydrogens is 350 g/mol. The number of aliphatic hydroxyl groups excluding tert-OH is 1. The highest BCUT2D eigenvalue weighted by molar-refractivity contribution is 7.89. The van der Waals surface area contributed by atoms with E-state index in [9.17, 15) is 13.5 Å². The molecule has 142 valence electrons. The quantitative estimate of drug-likeness (QED) is 0.644. The summed E-state index contributed by atoms with van der Waals surface area (Å²) in [7, 11) is -3.73. The normalized spacial score (nSPS) is 12.9. The summed E-state index contributed by atoms with van der Waals surface area (Å²) < 4.78 is 33.1. The van der Waals surface area contributed by atoms with Crippen molar-refractivity contribution in [2.24, 2.45) is 0 Å². The van der Waals surface area contributed by atoms with E-state index in [0.29, 0.717) is 12.4 Å². The first-order valence-corrected chi connectivity index (χ1v) is 10.3. The zero-order valence-corrected chi connectivity index (χ0v) is 16.2. The van der Waals surface area contributed by atoms with Gasteiger partial charge in [-0.1, -0.05) is 43.7 Å². The van der Waals surface area contributed by atoms with E-state index >= 15 is 0 Å². The number of hydrogen-bond donors (Lipinski definition) is 1. The monoisotopic (exact) mass is 377 g/mol. The summed E-state index contributed by atoms with van der Waals surface area (Å²) in [6.45, 7) is 4.36. The molecule has 0 saturated heterocycles. The van der Waals surface area contributed by atoms with Crippen LogP contribution in [0.2, 0.25) is 0 Å². The van der Waals surface area contributed by atoms with Crippen molar-refractivity contribution in [3.63, 3.8) is 0 Å². The topological polar surface area (TPSA) is 66.8 Å². The van der Waals surface area contributed by atoms with Gasteiger partial charge in [-0.25, -0.2) is 8.42 Å². The highest BCUT2D eigenvalue weighted by atomic mass is 32.2. The van der Waals surface area contributed by atoms with E-state index in [1.54, 1.807) is 31.2 Å². The minimum atomic E-state index is -3.73. The lowest BCUT2D eigenvalue weighted by Crippen LogP contribution is -2.40. The zero-order valence-electron chi connectivity index (χ0n) is 15.3. The summed E-state index contributed by atoms with van der Waals surface area (Å²) in [5.41, 5.74) is 0.871. The Morgan fingerprint density at radius 2 is 1.73 bits per heavy atom. The van der Waals surface area contributed by atoms with Gasteiger partial charge in [0, 0.05) is 12.6 Å². The molecule has 0 radical (unpaired) electrons. The average molecular weight is 378 g/mol. The van der Waals surface area contributed by atoms with E-state index in [-0.39, 0.29) is 18.0 Å². The summed E-state index contributed by atoms with van der Waals surface area (Å²) in [4.78, 5) is 0.191. The number of sulfonamides is 1. The Kier molecular flexibility index (Phi) is 7.63. The highest BCUT2D eigenvalue weighted by Crippen LogP contribution is 2.23. The van der Waals surface area contributed by atoms with Gasteiger partial charge in [0.25, 0.3) is 0 Å². The van der Waals surface area contributed by atoms with Crippen LogP contribution in [0.1, 0.15) is 32.3 Å². The van der Waals surface area contributed by atoms with Crippen molar-refractivity contribution in [3.05, 3.63) is 60.2 Å². The Labute approximate surface area is 156 Å². The van der Waals surface area contributed by atoms with Gasteiger partial charge in [0.05, 0.1) is 18.1 Å². The van der Waals surface area contributed by atoms with Gasteiger partial charge in [-0.05, 0) is 43.2 Å². The first-order chi connectivity index (χ1) is 12.5. The van der Waals surface area contributed by atoms with E-state index in [0.717, 1.165) is 18.4 Å². The third-order valence-corrected chi connectivity index (χ3v) is 6.11. The molecule has 2 aromatic carbocycles. The number of hydrogen-bond acceptors (Lipinski definition) is 4. The van der Waals surface area contributed by atoms with Gasteiger partial charge in [0.1, 0.15) is 5.75 Å². The molecule has 0 aliphatic rings. The molecule has 0 amide bonds. The summed E-state index contributed by atoms with van der Waals surface area (Å²) >= 11 is 0. The molecule has 0 unspecified atom stereocenters. The molecule has 0 fully saturated rings. The van der Waals surface area contributed by atoms with Crippen molar-refractivity contribution in [1.29, 1.82) is 0 Å². The van der Waals surface area contributed by atoms with Crippen molar-refractivity contribution < 1.29 is 18.3 Å². The number of unbranched alkanes of at least 4 members (excludes halogenated alkanes) is 1. The smallest absolute Gasteiger partial charge is 0.243 e. The molecule has 2 aromatic rings. The predicted octanol–water partition coefficient (Wildman–Crippen LogP) is 3.44. The van der Waals surface area contributed by atoms with Crippen molar-refractivity contribution in [2.45, 2.75) is 44.2 Å². The van der Waals surface area contributed by atoms with E-state index in [2.05, 4.69) is 6.92 Å².